The third-order valence-corrected chi connectivity index (χ3v) is 2.97. The fraction of sp³-hybridized carbons (Fsp3) is 0.200. The van der Waals surface area contributed by atoms with Crippen LogP contribution in [0.5, 0.6) is 17.2 Å². The SMILES string of the molecule is COc1cc(COc2cccc(B(O)O)c2)cc(OC)c1.[HH].[HH]. The third kappa shape index (κ3) is 4.14. The minimum absolute atomic E-state index is 0. The van der Waals surface area contributed by atoms with Gasteiger partial charge in [0, 0.05) is 8.92 Å². The Labute approximate surface area is 126 Å². The van der Waals surface area contributed by atoms with Gasteiger partial charge in [-0.3, -0.25) is 0 Å². The molecule has 2 aromatic rings. The highest BCUT2D eigenvalue weighted by atomic mass is 16.5. The first kappa shape index (κ1) is 15.2. The van der Waals surface area contributed by atoms with Crippen LogP contribution < -0.4 is 19.7 Å². The largest absolute Gasteiger partial charge is 0.497 e. The maximum absolute atomic E-state index is 9.14. The van der Waals surface area contributed by atoms with Crippen molar-refractivity contribution in [3.05, 3.63) is 48.0 Å². The first-order chi connectivity index (χ1) is 10.1. The Morgan fingerprint density at radius 3 is 2.19 bits per heavy atom. The van der Waals surface area contributed by atoms with Crippen LogP contribution in [0.3, 0.4) is 0 Å². The second-order valence-corrected chi connectivity index (χ2v) is 4.46. The van der Waals surface area contributed by atoms with Gasteiger partial charge in [0.1, 0.15) is 23.9 Å². The van der Waals surface area contributed by atoms with Crippen LogP contribution in [0.25, 0.3) is 0 Å². The number of benzene rings is 2. The van der Waals surface area contributed by atoms with Crippen molar-refractivity contribution in [3.8, 4) is 17.2 Å². The minimum atomic E-state index is -1.51. The first-order valence-corrected chi connectivity index (χ1v) is 6.43. The summed E-state index contributed by atoms with van der Waals surface area (Å²) in [5.74, 6) is 1.93. The van der Waals surface area contributed by atoms with Crippen molar-refractivity contribution in [2.75, 3.05) is 14.2 Å². The van der Waals surface area contributed by atoms with Crippen molar-refractivity contribution in [1.29, 1.82) is 0 Å². The predicted octanol–water partition coefficient (Wildman–Crippen LogP) is 1.45. The van der Waals surface area contributed by atoms with E-state index in [1.807, 2.05) is 12.1 Å². The number of methoxy groups -OCH3 is 2. The average Bonchev–Trinajstić information content (AvgIpc) is 2.52. The van der Waals surface area contributed by atoms with Gasteiger partial charge in [0.15, 0.2) is 0 Å². The summed E-state index contributed by atoms with van der Waals surface area (Å²) in [6.07, 6.45) is 0. The lowest BCUT2D eigenvalue weighted by Gasteiger charge is -2.11. The third-order valence-electron chi connectivity index (χ3n) is 2.97. The summed E-state index contributed by atoms with van der Waals surface area (Å²) in [5.41, 5.74) is 1.27. The van der Waals surface area contributed by atoms with E-state index in [1.165, 1.54) is 0 Å². The predicted molar refractivity (Wildman–Crippen MR) is 84.4 cm³/mol. The summed E-state index contributed by atoms with van der Waals surface area (Å²) in [6, 6.07) is 12.2. The molecule has 0 amide bonds. The molecule has 0 fully saturated rings. The Bertz CT molecular complexity index is 588. The van der Waals surface area contributed by atoms with Crippen LogP contribution in [0, 0.1) is 0 Å². The van der Waals surface area contributed by atoms with E-state index in [0.29, 0.717) is 29.3 Å². The number of ether oxygens (including phenoxy) is 3. The quantitative estimate of drug-likeness (QED) is 0.789. The smallest absolute Gasteiger partial charge is 0.488 e. The van der Waals surface area contributed by atoms with Gasteiger partial charge in [0.2, 0.25) is 0 Å². The molecule has 2 rings (SSSR count). The molecule has 0 bridgehead atoms. The van der Waals surface area contributed by atoms with Gasteiger partial charge in [-0.15, -0.1) is 0 Å². The van der Waals surface area contributed by atoms with E-state index >= 15 is 0 Å². The molecule has 0 unspecified atom stereocenters. The lowest BCUT2D eigenvalue weighted by atomic mass is 9.80. The van der Waals surface area contributed by atoms with Gasteiger partial charge < -0.3 is 24.3 Å². The average molecular weight is 292 g/mol. The van der Waals surface area contributed by atoms with Crippen LogP contribution >= 0.6 is 0 Å². The molecule has 0 aromatic heterocycles. The maximum Gasteiger partial charge on any atom is 0.488 e. The topological polar surface area (TPSA) is 68.2 Å². The van der Waals surface area contributed by atoms with E-state index in [0.717, 1.165) is 5.56 Å². The summed E-state index contributed by atoms with van der Waals surface area (Å²) in [4.78, 5) is 0. The molecule has 0 atom stereocenters. The Hall–Kier alpha value is -2.18. The van der Waals surface area contributed by atoms with E-state index in [-0.39, 0.29) is 2.85 Å². The molecule has 0 radical (unpaired) electrons. The Morgan fingerprint density at radius 2 is 1.62 bits per heavy atom. The van der Waals surface area contributed by atoms with Crippen molar-refractivity contribution in [2.45, 2.75) is 6.61 Å². The molecule has 114 valence electrons. The van der Waals surface area contributed by atoms with Crippen LogP contribution in [-0.4, -0.2) is 31.4 Å². The number of rotatable bonds is 6. The van der Waals surface area contributed by atoms with Gasteiger partial charge in [0.25, 0.3) is 0 Å². The van der Waals surface area contributed by atoms with Gasteiger partial charge in [-0.2, -0.15) is 0 Å². The van der Waals surface area contributed by atoms with Crippen LogP contribution in [0.15, 0.2) is 42.5 Å². The van der Waals surface area contributed by atoms with Crippen molar-refractivity contribution in [1.82, 2.24) is 0 Å². The summed E-state index contributed by atoms with van der Waals surface area (Å²) in [6.45, 7) is 0.318. The monoisotopic (exact) mass is 292 g/mol. The molecule has 0 saturated heterocycles. The Morgan fingerprint density at radius 1 is 0.952 bits per heavy atom. The lowest BCUT2D eigenvalue weighted by Crippen LogP contribution is -2.29. The van der Waals surface area contributed by atoms with Gasteiger partial charge in [-0.05, 0) is 35.3 Å². The van der Waals surface area contributed by atoms with E-state index in [4.69, 9.17) is 24.3 Å². The first-order valence-electron chi connectivity index (χ1n) is 6.43. The second kappa shape index (κ2) is 7.01. The van der Waals surface area contributed by atoms with E-state index < -0.39 is 7.12 Å². The minimum Gasteiger partial charge on any atom is -0.497 e. The summed E-state index contributed by atoms with van der Waals surface area (Å²) < 4.78 is 16.0. The van der Waals surface area contributed by atoms with Gasteiger partial charge in [-0.1, -0.05) is 12.1 Å². The molecule has 2 N–H and O–H groups in total. The molecule has 2 aromatic carbocycles. The molecule has 21 heavy (non-hydrogen) atoms. The van der Waals surface area contributed by atoms with Gasteiger partial charge >= 0.3 is 7.12 Å². The van der Waals surface area contributed by atoms with Gasteiger partial charge in [0.05, 0.1) is 14.2 Å². The van der Waals surface area contributed by atoms with E-state index in [1.54, 1.807) is 44.6 Å². The second-order valence-electron chi connectivity index (χ2n) is 4.46. The van der Waals surface area contributed by atoms with Crippen LogP contribution in [0.2, 0.25) is 0 Å². The molecule has 0 spiro atoms. The fourth-order valence-electron chi connectivity index (χ4n) is 1.88. The molecule has 6 heteroatoms. The molecular formula is C15H21BO5. The zero-order chi connectivity index (χ0) is 15.2. The zero-order valence-electron chi connectivity index (χ0n) is 11.9. The lowest BCUT2D eigenvalue weighted by molar-refractivity contribution is 0.304. The molecule has 0 heterocycles. The van der Waals surface area contributed by atoms with Crippen LogP contribution in [0.1, 0.15) is 8.42 Å². The highest BCUT2D eigenvalue weighted by Gasteiger charge is 2.11. The summed E-state index contributed by atoms with van der Waals surface area (Å²) in [7, 11) is 1.67. The molecular weight excluding hydrogens is 271 g/mol. The fourth-order valence-corrected chi connectivity index (χ4v) is 1.88. The van der Waals surface area contributed by atoms with E-state index in [9.17, 15) is 0 Å². The van der Waals surface area contributed by atoms with Crippen molar-refractivity contribution in [3.63, 3.8) is 0 Å². The standard InChI is InChI=1S/C15H17BO5.2H2/c1-19-14-6-11(7-15(9-14)20-2)10-21-13-5-3-4-12(8-13)16(17)18;;/h3-9,17-18H,10H2,1-2H3;2*1H. The molecule has 0 aliphatic carbocycles. The van der Waals surface area contributed by atoms with Crippen molar-refractivity contribution in [2.24, 2.45) is 0 Å². The van der Waals surface area contributed by atoms with Gasteiger partial charge in [-0.25, -0.2) is 0 Å². The number of hydrogen-bond acceptors (Lipinski definition) is 5. The maximum atomic E-state index is 9.14. The van der Waals surface area contributed by atoms with Crippen LogP contribution in [0.4, 0.5) is 0 Å². The Balaban J connectivity index is 0.00000242. The molecule has 0 aliphatic rings. The highest BCUT2D eigenvalue weighted by molar-refractivity contribution is 6.58. The molecule has 0 saturated carbocycles. The molecule has 5 nitrogen and oxygen atoms in total. The highest BCUT2D eigenvalue weighted by Crippen LogP contribution is 2.23. The summed E-state index contributed by atoms with van der Waals surface area (Å²) in [5, 5.41) is 18.3. The van der Waals surface area contributed by atoms with Crippen LogP contribution in [-0.2, 0) is 6.61 Å². The Kier molecular flexibility index (Phi) is 5.08. The van der Waals surface area contributed by atoms with E-state index in [2.05, 4.69) is 0 Å². The van der Waals surface area contributed by atoms with Crippen molar-refractivity contribution >= 4 is 12.6 Å². The molecule has 0 aliphatic heterocycles. The van der Waals surface area contributed by atoms with Crippen molar-refractivity contribution < 1.29 is 27.1 Å². The summed E-state index contributed by atoms with van der Waals surface area (Å²) >= 11 is 0. The normalized spacial score (nSPS) is 10.1. The number of hydrogen-bond donors (Lipinski definition) is 2. The zero-order valence-corrected chi connectivity index (χ0v) is 11.9.